The Bertz CT molecular complexity index is 408. The zero-order valence-electron chi connectivity index (χ0n) is 9.44. The van der Waals surface area contributed by atoms with Crippen LogP contribution in [0.15, 0.2) is 0 Å². The van der Waals surface area contributed by atoms with Gasteiger partial charge in [0.05, 0.1) is 0 Å². The van der Waals surface area contributed by atoms with Crippen LogP contribution in [0.5, 0.6) is 0 Å². The van der Waals surface area contributed by atoms with Crippen LogP contribution in [-0.2, 0) is 9.09 Å². The number of alkyl halides is 10. The molecular weight excluding hydrogens is 357 g/mol. The van der Waals surface area contributed by atoms with E-state index in [1.165, 1.54) is 0 Å². The van der Waals surface area contributed by atoms with Crippen molar-refractivity contribution in [2.45, 2.75) is 36.7 Å². The molecular formula is C6H5F10O4P. The molecule has 0 aliphatic heterocycles. The lowest BCUT2D eigenvalue weighted by molar-refractivity contribution is -0.413. The van der Waals surface area contributed by atoms with Crippen LogP contribution >= 0.6 is 7.82 Å². The average Bonchev–Trinajstić information content (AvgIpc) is 2.10. The van der Waals surface area contributed by atoms with Crippen molar-refractivity contribution in [3.63, 3.8) is 0 Å². The maximum atomic E-state index is 13.0. The van der Waals surface area contributed by atoms with Crippen molar-refractivity contribution in [3.8, 4) is 0 Å². The van der Waals surface area contributed by atoms with Crippen LogP contribution in [0.25, 0.3) is 0 Å². The molecule has 0 aromatic rings. The number of hydrogen-bond donors (Lipinski definition) is 2. The molecule has 128 valence electrons. The summed E-state index contributed by atoms with van der Waals surface area (Å²) in [6.07, 6.45) is -14.0. The van der Waals surface area contributed by atoms with Gasteiger partial charge in [-0.2, -0.15) is 43.9 Å². The Morgan fingerprint density at radius 2 is 1.00 bits per heavy atom. The van der Waals surface area contributed by atoms with Gasteiger partial charge in [-0.1, -0.05) is 0 Å². The zero-order valence-corrected chi connectivity index (χ0v) is 10.3. The Kier molecular flexibility index (Phi) is 4.82. The lowest BCUT2D eigenvalue weighted by atomic mass is 9.89. The molecule has 4 nitrogen and oxygen atoms in total. The van der Waals surface area contributed by atoms with Crippen molar-refractivity contribution < 1.29 is 62.8 Å². The Hall–Kier alpha value is -0.590. The van der Waals surface area contributed by atoms with E-state index >= 15 is 0 Å². The molecule has 0 saturated carbocycles. The van der Waals surface area contributed by atoms with Gasteiger partial charge in [-0.3, -0.25) is 4.52 Å². The van der Waals surface area contributed by atoms with Gasteiger partial charge in [-0.15, -0.1) is 0 Å². The topological polar surface area (TPSA) is 66.8 Å². The van der Waals surface area contributed by atoms with E-state index in [2.05, 4.69) is 4.52 Å². The number of hydrogen-bond acceptors (Lipinski definition) is 2. The number of halogens is 10. The fourth-order valence-corrected chi connectivity index (χ4v) is 1.80. The van der Waals surface area contributed by atoms with E-state index in [-0.39, 0.29) is 0 Å². The standard InChI is InChI=1S/C6H5F10O4P/c1-2(20-21(17,18)19,3(7,8)5(11,12)13)4(9,10)6(14,15)16/h1H3,(H2,17,18,19). The predicted molar refractivity (Wildman–Crippen MR) is 43.5 cm³/mol. The highest BCUT2D eigenvalue weighted by molar-refractivity contribution is 7.46. The third-order valence-electron chi connectivity index (χ3n) is 2.21. The molecule has 15 heteroatoms. The lowest BCUT2D eigenvalue weighted by Gasteiger charge is -2.42. The van der Waals surface area contributed by atoms with Crippen LogP contribution in [0.4, 0.5) is 43.9 Å². The highest BCUT2D eigenvalue weighted by Crippen LogP contribution is 2.60. The first-order valence-electron chi connectivity index (χ1n) is 4.36. The number of rotatable bonds is 4. The minimum absolute atomic E-state index is 1.10. The Labute approximate surface area is 108 Å². The molecule has 0 aromatic carbocycles. The summed E-state index contributed by atoms with van der Waals surface area (Å²) in [5, 5.41) is 0. The quantitative estimate of drug-likeness (QED) is 0.595. The smallest absolute Gasteiger partial charge is 0.303 e. The molecule has 0 spiro atoms. The minimum atomic E-state index is -7.01. The van der Waals surface area contributed by atoms with Gasteiger partial charge in [0, 0.05) is 0 Å². The van der Waals surface area contributed by atoms with Crippen molar-refractivity contribution in [1.82, 2.24) is 0 Å². The van der Waals surface area contributed by atoms with Crippen molar-refractivity contribution in [1.29, 1.82) is 0 Å². The van der Waals surface area contributed by atoms with Crippen LogP contribution in [-0.4, -0.2) is 39.6 Å². The van der Waals surface area contributed by atoms with Gasteiger partial charge in [-0.05, 0) is 6.92 Å². The largest absolute Gasteiger partial charge is 0.470 e. The summed E-state index contributed by atoms with van der Waals surface area (Å²) in [6, 6.07) is 0. The third kappa shape index (κ3) is 3.43. The van der Waals surface area contributed by atoms with Gasteiger partial charge in [0.1, 0.15) is 0 Å². The molecule has 0 rings (SSSR count). The van der Waals surface area contributed by atoms with Gasteiger partial charge in [-0.25, -0.2) is 4.57 Å². The zero-order chi connectivity index (χ0) is 17.7. The maximum absolute atomic E-state index is 13.0. The summed E-state index contributed by atoms with van der Waals surface area (Å²) >= 11 is 0. The van der Waals surface area contributed by atoms with Crippen molar-refractivity contribution >= 4 is 7.82 Å². The van der Waals surface area contributed by atoms with E-state index in [1.807, 2.05) is 0 Å². The Morgan fingerprint density at radius 1 is 0.762 bits per heavy atom. The molecule has 0 aromatic heterocycles. The molecule has 0 atom stereocenters. The summed E-state index contributed by atoms with van der Waals surface area (Å²) in [6.45, 7) is -1.10. The van der Waals surface area contributed by atoms with Gasteiger partial charge in [0.2, 0.25) is 5.60 Å². The summed E-state index contributed by atoms with van der Waals surface area (Å²) < 4.78 is 137. The minimum Gasteiger partial charge on any atom is -0.303 e. The molecule has 2 N–H and O–H groups in total. The van der Waals surface area contributed by atoms with Crippen LogP contribution in [0.1, 0.15) is 6.92 Å². The molecule has 0 saturated heterocycles. The van der Waals surface area contributed by atoms with E-state index in [0.29, 0.717) is 0 Å². The van der Waals surface area contributed by atoms with Crippen LogP contribution in [0, 0.1) is 0 Å². The highest BCUT2D eigenvalue weighted by Gasteiger charge is 2.85. The summed E-state index contributed by atoms with van der Waals surface area (Å²) in [7, 11) is -6.58. The molecule has 21 heavy (non-hydrogen) atoms. The molecule has 0 heterocycles. The second-order valence-electron chi connectivity index (χ2n) is 3.76. The SMILES string of the molecule is CC(OP(=O)(O)O)(C(F)(F)C(F)(F)F)C(F)(F)C(F)(F)F. The van der Waals surface area contributed by atoms with Gasteiger partial charge in [0.15, 0.2) is 0 Å². The highest BCUT2D eigenvalue weighted by atomic mass is 31.2. The third-order valence-corrected chi connectivity index (χ3v) is 2.81. The maximum Gasteiger partial charge on any atom is 0.470 e. The van der Waals surface area contributed by atoms with Gasteiger partial charge >= 0.3 is 32.0 Å². The first-order valence-corrected chi connectivity index (χ1v) is 5.89. The average molecular weight is 362 g/mol. The Morgan fingerprint density at radius 3 is 1.14 bits per heavy atom. The summed E-state index contributed by atoms with van der Waals surface area (Å²) in [4.78, 5) is 16.2. The van der Waals surface area contributed by atoms with E-state index in [1.54, 1.807) is 0 Å². The van der Waals surface area contributed by atoms with Crippen molar-refractivity contribution in [3.05, 3.63) is 0 Å². The molecule has 0 aliphatic rings. The monoisotopic (exact) mass is 362 g/mol. The predicted octanol–water partition coefficient (Wildman–Crippen LogP) is 3.25. The molecule has 0 bridgehead atoms. The van der Waals surface area contributed by atoms with E-state index < -0.39 is 44.5 Å². The first-order chi connectivity index (χ1) is 8.71. The fourth-order valence-electron chi connectivity index (χ4n) is 1.09. The lowest BCUT2D eigenvalue weighted by Crippen LogP contribution is -2.69. The molecule has 0 unspecified atom stereocenters. The molecule has 0 fully saturated rings. The van der Waals surface area contributed by atoms with Crippen LogP contribution < -0.4 is 0 Å². The molecule has 0 aliphatic carbocycles. The van der Waals surface area contributed by atoms with Gasteiger partial charge < -0.3 is 9.79 Å². The Balaban J connectivity index is 6.39. The van der Waals surface area contributed by atoms with Crippen molar-refractivity contribution in [2.75, 3.05) is 0 Å². The summed E-state index contributed by atoms with van der Waals surface area (Å²) in [5.74, 6) is -13.9. The first kappa shape index (κ1) is 20.4. The van der Waals surface area contributed by atoms with Crippen LogP contribution in [0.2, 0.25) is 0 Å². The fraction of sp³-hybridized carbons (Fsp3) is 1.00. The number of phosphoric acid groups is 1. The van der Waals surface area contributed by atoms with E-state index in [0.717, 1.165) is 0 Å². The van der Waals surface area contributed by atoms with E-state index in [4.69, 9.17) is 9.79 Å². The molecule has 0 amide bonds. The van der Waals surface area contributed by atoms with Gasteiger partial charge in [0.25, 0.3) is 0 Å². The van der Waals surface area contributed by atoms with Crippen molar-refractivity contribution in [2.24, 2.45) is 0 Å². The van der Waals surface area contributed by atoms with Crippen LogP contribution in [0.3, 0.4) is 0 Å². The normalized spacial score (nSPS) is 16.2. The summed E-state index contributed by atoms with van der Waals surface area (Å²) in [5.41, 5.74) is -5.93. The number of phosphoric ester groups is 1. The molecule has 0 radical (unpaired) electrons. The van der Waals surface area contributed by atoms with E-state index in [9.17, 15) is 48.5 Å². The second-order valence-corrected chi connectivity index (χ2v) is 4.92. The second kappa shape index (κ2) is 4.96.